The highest BCUT2D eigenvalue weighted by atomic mass is 32.2. The summed E-state index contributed by atoms with van der Waals surface area (Å²) in [5.41, 5.74) is 1.76. The quantitative estimate of drug-likeness (QED) is 0.671. The molecule has 2 aromatic carbocycles. The predicted octanol–water partition coefficient (Wildman–Crippen LogP) is 3.22. The van der Waals surface area contributed by atoms with Crippen molar-refractivity contribution in [2.75, 3.05) is 10.8 Å². The molecule has 0 spiro atoms. The molecule has 0 atom stereocenters. The minimum Gasteiger partial charge on any atom is -0.515 e. The second-order valence-electron chi connectivity index (χ2n) is 5.64. The zero-order valence-electron chi connectivity index (χ0n) is 13.1. The van der Waals surface area contributed by atoms with Crippen LogP contribution in [0.4, 0.5) is 5.69 Å². The van der Waals surface area contributed by atoms with Gasteiger partial charge in [0, 0.05) is 17.7 Å². The predicted molar refractivity (Wildman–Crippen MR) is 91.8 cm³/mol. The number of fused-ring (bicyclic) bond motifs is 1. The number of benzene rings is 2. The number of nitrogens with zero attached hydrogens (tertiary/aromatic N) is 1. The van der Waals surface area contributed by atoms with Crippen LogP contribution >= 0.6 is 0 Å². The van der Waals surface area contributed by atoms with Gasteiger partial charge in [0.05, 0.1) is 16.8 Å². The van der Waals surface area contributed by atoms with Gasteiger partial charge in [0.1, 0.15) is 0 Å². The number of rotatable bonds is 2. The number of carbonyl (C=O) groups excluding carboxylic acids is 1. The summed E-state index contributed by atoms with van der Waals surface area (Å²) in [5.74, 6) is -0.352. The van der Waals surface area contributed by atoms with E-state index in [0.29, 0.717) is 5.69 Å². The van der Waals surface area contributed by atoms with Crippen molar-refractivity contribution in [3.63, 3.8) is 0 Å². The van der Waals surface area contributed by atoms with Crippen LogP contribution in [0.25, 0.3) is 0 Å². The Labute approximate surface area is 140 Å². The van der Waals surface area contributed by atoms with Gasteiger partial charge in [0.25, 0.3) is 10.0 Å². The minimum absolute atomic E-state index is 0.0886. The van der Waals surface area contributed by atoms with E-state index in [1.54, 1.807) is 48.5 Å². The standard InChI is InChI=1S/C18H17NO4S/c1-13-6-8-15(9-7-13)24(22,23)19-11-10-14(12-20)18(21)16-4-2-3-5-17(16)19/h2-9,12,20H,10-11H2,1H3/b14-12-. The molecular weight excluding hydrogens is 326 g/mol. The molecule has 5 nitrogen and oxygen atoms in total. The largest absolute Gasteiger partial charge is 0.515 e. The molecule has 0 saturated heterocycles. The molecule has 1 N–H and O–H groups in total. The molecule has 1 aliphatic heterocycles. The van der Waals surface area contributed by atoms with Gasteiger partial charge in [-0.05, 0) is 37.6 Å². The Morgan fingerprint density at radius 3 is 2.42 bits per heavy atom. The molecule has 1 heterocycles. The minimum atomic E-state index is -3.80. The Morgan fingerprint density at radius 1 is 1.08 bits per heavy atom. The van der Waals surface area contributed by atoms with Crippen molar-refractivity contribution >= 4 is 21.5 Å². The third-order valence-corrected chi connectivity index (χ3v) is 5.89. The molecule has 0 amide bonds. The molecule has 0 aromatic heterocycles. The number of Topliss-reactive ketones (excluding diaryl/α,β-unsaturated/α-hetero) is 1. The van der Waals surface area contributed by atoms with Gasteiger partial charge < -0.3 is 5.11 Å². The van der Waals surface area contributed by atoms with E-state index in [-0.39, 0.29) is 34.8 Å². The normalized spacial score (nSPS) is 16.8. The van der Waals surface area contributed by atoms with Crippen LogP contribution in [-0.2, 0) is 10.0 Å². The molecule has 24 heavy (non-hydrogen) atoms. The van der Waals surface area contributed by atoms with Crippen LogP contribution in [0.1, 0.15) is 22.3 Å². The van der Waals surface area contributed by atoms with Gasteiger partial charge >= 0.3 is 0 Å². The van der Waals surface area contributed by atoms with Crippen LogP contribution < -0.4 is 4.31 Å². The van der Waals surface area contributed by atoms with Gasteiger partial charge in [-0.3, -0.25) is 9.10 Å². The van der Waals surface area contributed by atoms with Gasteiger partial charge in [-0.15, -0.1) is 0 Å². The second-order valence-corrected chi connectivity index (χ2v) is 7.50. The Kier molecular flexibility index (Phi) is 4.15. The fourth-order valence-electron chi connectivity index (χ4n) is 2.72. The molecule has 124 valence electrons. The zero-order valence-corrected chi connectivity index (χ0v) is 14.0. The smallest absolute Gasteiger partial charge is 0.264 e. The lowest BCUT2D eigenvalue weighted by Crippen LogP contribution is -2.32. The molecule has 1 aliphatic rings. The maximum absolute atomic E-state index is 13.0. The van der Waals surface area contributed by atoms with E-state index >= 15 is 0 Å². The van der Waals surface area contributed by atoms with Gasteiger partial charge in [0.2, 0.25) is 0 Å². The third kappa shape index (κ3) is 2.69. The molecule has 0 saturated carbocycles. The number of ketones is 1. The van der Waals surface area contributed by atoms with E-state index in [2.05, 4.69) is 0 Å². The summed E-state index contributed by atoms with van der Waals surface area (Å²) in [6.07, 6.45) is 0.913. The van der Waals surface area contributed by atoms with E-state index in [0.717, 1.165) is 11.8 Å². The number of hydrogen-bond acceptors (Lipinski definition) is 4. The van der Waals surface area contributed by atoms with Gasteiger partial charge in [-0.2, -0.15) is 0 Å². The third-order valence-electron chi connectivity index (χ3n) is 4.06. The Hall–Kier alpha value is -2.60. The lowest BCUT2D eigenvalue weighted by molar-refractivity contribution is 0.103. The lowest BCUT2D eigenvalue weighted by atomic mass is 10.0. The number of para-hydroxylation sites is 1. The molecule has 0 bridgehead atoms. The Bertz CT molecular complexity index is 914. The Morgan fingerprint density at radius 2 is 1.75 bits per heavy atom. The first kappa shape index (κ1) is 16.3. The van der Waals surface area contributed by atoms with Crippen LogP contribution in [0.5, 0.6) is 0 Å². The molecule has 0 aliphatic carbocycles. The monoisotopic (exact) mass is 343 g/mol. The van der Waals surface area contributed by atoms with Crippen LogP contribution in [0.15, 0.2) is 65.3 Å². The number of carbonyl (C=O) groups is 1. The van der Waals surface area contributed by atoms with Gasteiger partial charge in [-0.1, -0.05) is 29.8 Å². The molecule has 0 fully saturated rings. The summed E-state index contributed by atoms with van der Waals surface area (Å²) < 4.78 is 27.3. The summed E-state index contributed by atoms with van der Waals surface area (Å²) in [6, 6.07) is 13.1. The van der Waals surface area contributed by atoms with E-state index in [1.165, 1.54) is 4.31 Å². The molecule has 2 aromatic rings. The van der Waals surface area contributed by atoms with Gasteiger partial charge in [0.15, 0.2) is 5.78 Å². The van der Waals surface area contributed by atoms with Gasteiger partial charge in [-0.25, -0.2) is 8.42 Å². The summed E-state index contributed by atoms with van der Waals surface area (Å²) in [6.45, 7) is 1.97. The van der Waals surface area contributed by atoms with Crippen molar-refractivity contribution in [1.29, 1.82) is 0 Å². The van der Waals surface area contributed by atoms with E-state index < -0.39 is 10.0 Å². The average molecular weight is 343 g/mol. The Balaban J connectivity index is 2.16. The SMILES string of the molecule is Cc1ccc(S(=O)(=O)N2CC/C(=C/O)C(=O)c3ccccc32)cc1. The average Bonchev–Trinajstić information content (AvgIpc) is 2.72. The number of hydrogen-bond donors (Lipinski definition) is 1. The van der Waals surface area contributed by atoms with Crippen molar-refractivity contribution in [2.24, 2.45) is 0 Å². The first-order valence-electron chi connectivity index (χ1n) is 7.51. The summed E-state index contributed by atoms with van der Waals surface area (Å²) in [4.78, 5) is 12.6. The highest BCUT2D eigenvalue weighted by Crippen LogP contribution is 2.32. The summed E-state index contributed by atoms with van der Waals surface area (Å²) >= 11 is 0. The number of aliphatic hydroxyl groups excluding tert-OH is 1. The summed E-state index contributed by atoms with van der Waals surface area (Å²) in [5, 5.41) is 9.30. The fourth-order valence-corrected chi connectivity index (χ4v) is 4.21. The maximum Gasteiger partial charge on any atom is 0.264 e. The molecular formula is C18H17NO4S. The highest BCUT2D eigenvalue weighted by molar-refractivity contribution is 7.92. The molecule has 3 rings (SSSR count). The summed E-state index contributed by atoms with van der Waals surface area (Å²) in [7, 11) is -3.80. The fraction of sp³-hybridized carbons (Fsp3) is 0.167. The second kappa shape index (κ2) is 6.13. The van der Waals surface area contributed by atoms with Crippen LogP contribution in [-0.4, -0.2) is 25.9 Å². The first-order valence-corrected chi connectivity index (χ1v) is 8.95. The molecule has 0 unspecified atom stereocenters. The highest BCUT2D eigenvalue weighted by Gasteiger charge is 2.32. The van der Waals surface area contributed by atoms with Crippen molar-refractivity contribution in [2.45, 2.75) is 18.2 Å². The number of aliphatic hydroxyl groups is 1. The topological polar surface area (TPSA) is 74.7 Å². The lowest BCUT2D eigenvalue weighted by Gasteiger charge is -2.24. The number of anilines is 1. The van der Waals surface area contributed by atoms with E-state index in [4.69, 9.17) is 0 Å². The van der Waals surface area contributed by atoms with Crippen LogP contribution in [0, 0.1) is 6.92 Å². The number of sulfonamides is 1. The number of aryl methyl sites for hydroxylation is 1. The van der Waals surface area contributed by atoms with Crippen molar-refractivity contribution in [3.8, 4) is 0 Å². The van der Waals surface area contributed by atoms with Crippen molar-refractivity contribution < 1.29 is 18.3 Å². The van der Waals surface area contributed by atoms with E-state index in [1.807, 2.05) is 6.92 Å². The maximum atomic E-state index is 13.0. The molecule has 0 radical (unpaired) electrons. The zero-order chi connectivity index (χ0) is 17.3. The van der Waals surface area contributed by atoms with E-state index in [9.17, 15) is 18.3 Å². The van der Waals surface area contributed by atoms with Crippen LogP contribution in [0.2, 0.25) is 0 Å². The first-order chi connectivity index (χ1) is 11.4. The van der Waals surface area contributed by atoms with Crippen molar-refractivity contribution in [1.82, 2.24) is 0 Å². The van der Waals surface area contributed by atoms with Crippen molar-refractivity contribution in [3.05, 3.63) is 71.5 Å². The molecule has 6 heteroatoms. The van der Waals surface area contributed by atoms with Crippen LogP contribution in [0.3, 0.4) is 0 Å².